The van der Waals surface area contributed by atoms with Crippen molar-refractivity contribution in [3.8, 4) is 0 Å². The maximum Gasteiger partial charge on any atom is 0.215 e. The first-order valence-corrected chi connectivity index (χ1v) is 5.42. The summed E-state index contributed by atoms with van der Waals surface area (Å²) >= 11 is 0. The van der Waals surface area contributed by atoms with E-state index in [-0.39, 0.29) is 18.4 Å². The monoisotopic (exact) mass is 193 g/mol. The van der Waals surface area contributed by atoms with Gasteiger partial charge in [0.1, 0.15) is 0 Å². The predicted octanol–water partition coefficient (Wildman–Crippen LogP) is -0.137. The SMILES string of the molecule is C=CCS(=O)(=O)NC(CC)CO. The Hall–Kier alpha value is -0.390. The van der Waals surface area contributed by atoms with E-state index < -0.39 is 10.0 Å². The van der Waals surface area contributed by atoms with E-state index in [4.69, 9.17) is 5.11 Å². The molecule has 5 heteroatoms. The van der Waals surface area contributed by atoms with Crippen molar-refractivity contribution >= 4 is 10.0 Å². The van der Waals surface area contributed by atoms with Crippen molar-refractivity contribution in [3.05, 3.63) is 12.7 Å². The fraction of sp³-hybridized carbons (Fsp3) is 0.714. The Morgan fingerprint density at radius 1 is 1.67 bits per heavy atom. The molecule has 0 aliphatic rings. The molecule has 0 aromatic carbocycles. The lowest BCUT2D eigenvalue weighted by molar-refractivity contribution is 0.254. The van der Waals surface area contributed by atoms with Gasteiger partial charge in [0.05, 0.1) is 12.4 Å². The lowest BCUT2D eigenvalue weighted by Gasteiger charge is -2.12. The second-order valence-electron chi connectivity index (χ2n) is 2.48. The van der Waals surface area contributed by atoms with E-state index in [9.17, 15) is 8.42 Å². The van der Waals surface area contributed by atoms with Crippen LogP contribution in [-0.2, 0) is 10.0 Å². The Bertz CT molecular complexity index is 219. The van der Waals surface area contributed by atoms with Crippen LogP contribution in [-0.4, -0.2) is 31.9 Å². The van der Waals surface area contributed by atoms with Crippen LogP contribution in [0.2, 0.25) is 0 Å². The van der Waals surface area contributed by atoms with Crippen LogP contribution in [0.5, 0.6) is 0 Å². The maximum absolute atomic E-state index is 11.1. The molecule has 0 amide bonds. The zero-order chi connectivity index (χ0) is 9.61. The molecule has 0 bridgehead atoms. The summed E-state index contributed by atoms with van der Waals surface area (Å²) in [4.78, 5) is 0. The molecule has 1 atom stereocenters. The van der Waals surface area contributed by atoms with Crippen molar-refractivity contribution in [2.75, 3.05) is 12.4 Å². The molecular formula is C7H15NO3S. The fourth-order valence-corrected chi connectivity index (χ4v) is 1.86. The molecule has 0 aliphatic carbocycles. The molecule has 0 heterocycles. The summed E-state index contributed by atoms with van der Waals surface area (Å²) in [5.74, 6) is -0.108. The molecule has 12 heavy (non-hydrogen) atoms. The quantitative estimate of drug-likeness (QED) is 0.577. The Balaban J connectivity index is 4.12. The molecule has 0 saturated heterocycles. The van der Waals surface area contributed by atoms with E-state index in [1.165, 1.54) is 6.08 Å². The average Bonchev–Trinajstić information content (AvgIpc) is 2.00. The van der Waals surface area contributed by atoms with Crippen LogP contribution in [0.4, 0.5) is 0 Å². The van der Waals surface area contributed by atoms with Crippen LogP contribution in [0, 0.1) is 0 Å². The van der Waals surface area contributed by atoms with Gasteiger partial charge in [0.25, 0.3) is 0 Å². The predicted molar refractivity (Wildman–Crippen MR) is 48.3 cm³/mol. The summed E-state index contributed by atoms with van der Waals surface area (Å²) in [5.41, 5.74) is 0. The highest BCUT2D eigenvalue weighted by molar-refractivity contribution is 7.89. The molecule has 0 saturated carbocycles. The minimum Gasteiger partial charge on any atom is -0.395 e. The Morgan fingerprint density at radius 3 is 2.58 bits per heavy atom. The lowest BCUT2D eigenvalue weighted by atomic mass is 10.3. The second-order valence-corrected chi connectivity index (χ2v) is 4.27. The molecule has 0 spiro atoms. The van der Waals surface area contributed by atoms with E-state index >= 15 is 0 Å². The largest absolute Gasteiger partial charge is 0.395 e. The molecule has 0 aromatic heterocycles. The number of hydrogen-bond acceptors (Lipinski definition) is 3. The van der Waals surface area contributed by atoms with E-state index in [0.29, 0.717) is 6.42 Å². The molecule has 0 fully saturated rings. The van der Waals surface area contributed by atoms with Gasteiger partial charge in [-0.1, -0.05) is 13.0 Å². The van der Waals surface area contributed by atoms with Gasteiger partial charge in [-0.15, -0.1) is 6.58 Å². The van der Waals surface area contributed by atoms with Gasteiger partial charge < -0.3 is 5.11 Å². The molecule has 0 aromatic rings. The first-order valence-electron chi connectivity index (χ1n) is 3.77. The summed E-state index contributed by atoms with van der Waals surface area (Å²) in [6, 6.07) is -0.380. The van der Waals surface area contributed by atoms with Crippen LogP contribution in [0.3, 0.4) is 0 Å². The third kappa shape index (κ3) is 4.48. The zero-order valence-electron chi connectivity index (χ0n) is 7.16. The van der Waals surface area contributed by atoms with Crippen molar-refractivity contribution in [2.24, 2.45) is 0 Å². The van der Waals surface area contributed by atoms with E-state index in [1.807, 2.05) is 0 Å². The minimum atomic E-state index is -3.28. The van der Waals surface area contributed by atoms with Gasteiger partial charge in [-0.05, 0) is 6.42 Å². The van der Waals surface area contributed by atoms with Crippen molar-refractivity contribution < 1.29 is 13.5 Å². The van der Waals surface area contributed by atoms with Crippen LogP contribution in [0.15, 0.2) is 12.7 Å². The smallest absolute Gasteiger partial charge is 0.215 e. The van der Waals surface area contributed by atoms with Crippen molar-refractivity contribution in [1.82, 2.24) is 4.72 Å². The van der Waals surface area contributed by atoms with Crippen LogP contribution in [0.1, 0.15) is 13.3 Å². The van der Waals surface area contributed by atoms with Gasteiger partial charge in [0.2, 0.25) is 10.0 Å². The van der Waals surface area contributed by atoms with E-state index in [2.05, 4.69) is 11.3 Å². The van der Waals surface area contributed by atoms with Crippen molar-refractivity contribution in [2.45, 2.75) is 19.4 Å². The maximum atomic E-state index is 11.1. The molecule has 72 valence electrons. The Labute approximate surface area is 73.3 Å². The molecule has 2 N–H and O–H groups in total. The Morgan fingerprint density at radius 2 is 2.25 bits per heavy atom. The molecule has 4 nitrogen and oxygen atoms in total. The first-order chi connectivity index (χ1) is 5.55. The van der Waals surface area contributed by atoms with Crippen LogP contribution >= 0.6 is 0 Å². The summed E-state index contributed by atoms with van der Waals surface area (Å²) in [6.45, 7) is 4.95. The minimum absolute atomic E-state index is 0.108. The highest BCUT2D eigenvalue weighted by Gasteiger charge is 2.13. The zero-order valence-corrected chi connectivity index (χ0v) is 7.97. The molecule has 1 unspecified atom stereocenters. The van der Waals surface area contributed by atoms with Gasteiger partial charge in [0.15, 0.2) is 0 Å². The third-order valence-electron chi connectivity index (χ3n) is 1.40. The third-order valence-corrected chi connectivity index (χ3v) is 2.76. The summed E-state index contributed by atoms with van der Waals surface area (Å²) < 4.78 is 24.5. The molecular weight excluding hydrogens is 178 g/mol. The number of rotatable bonds is 6. The summed E-state index contributed by atoms with van der Waals surface area (Å²) in [5, 5.41) is 8.70. The van der Waals surface area contributed by atoms with Gasteiger partial charge >= 0.3 is 0 Å². The number of aliphatic hydroxyl groups is 1. The number of aliphatic hydroxyl groups excluding tert-OH is 1. The number of sulfonamides is 1. The summed E-state index contributed by atoms with van der Waals surface area (Å²) in [6.07, 6.45) is 1.89. The number of hydrogen-bond donors (Lipinski definition) is 2. The van der Waals surface area contributed by atoms with Gasteiger partial charge in [-0.25, -0.2) is 13.1 Å². The van der Waals surface area contributed by atoms with Crippen LogP contribution < -0.4 is 4.72 Å². The standard InChI is InChI=1S/C7H15NO3S/c1-3-5-12(10,11)8-7(4-2)6-9/h3,7-9H,1,4-6H2,2H3. The molecule has 0 rings (SSSR count). The Kier molecular flexibility index (Phi) is 5.12. The highest BCUT2D eigenvalue weighted by atomic mass is 32.2. The van der Waals surface area contributed by atoms with Gasteiger partial charge in [-0.3, -0.25) is 0 Å². The molecule has 0 aliphatic heterocycles. The topological polar surface area (TPSA) is 66.4 Å². The highest BCUT2D eigenvalue weighted by Crippen LogP contribution is 1.93. The number of nitrogens with one attached hydrogen (secondary N) is 1. The normalized spacial score (nSPS) is 14.2. The van der Waals surface area contributed by atoms with E-state index in [0.717, 1.165) is 0 Å². The second kappa shape index (κ2) is 5.29. The van der Waals surface area contributed by atoms with Crippen LogP contribution in [0.25, 0.3) is 0 Å². The lowest BCUT2D eigenvalue weighted by Crippen LogP contribution is -2.37. The fourth-order valence-electron chi connectivity index (χ4n) is 0.707. The van der Waals surface area contributed by atoms with Gasteiger partial charge in [-0.2, -0.15) is 0 Å². The summed E-state index contributed by atoms with van der Waals surface area (Å²) in [7, 11) is -3.28. The van der Waals surface area contributed by atoms with E-state index in [1.54, 1.807) is 6.92 Å². The average molecular weight is 193 g/mol. The molecule has 0 radical (unpaired) electrons. The van der Waals surface area contributed by atoms with Crippen molar-refractivity contribution in [1.29, 1.82) is 0 Å². The van der Waals surface area contributed by atoms with Gasteiger partial charge in [0, 0.05) is 6.04 Å². The van der Waals surface area contributed by atoms with Crippen molar-refractivity contribution in [3.63, 3.8) is 0 Å². The first kappa shape index (κ1) is 11.6.